The van der Waals surface area contributed by atoms with Gasteiger partial charge in [0, 0.05) is 6.54 Å². The number of primary amides is 1. The molecule has 1 amide bonds. The number of benzene rings is 1. The van der Waals surface area contributed by atoms with Gasteiger partial charge in [-0.25, -0.2) is 0 Å². The van der Waals surface area contributed by atoms with Gasteiger partial charge in [-0.2, -0.15) is 0 Å². The van der Waals surface area contributed by atoms with Crippen LogP contribution < -0.4 is 5.73 Å². The van der Waals surface area contributed by atoms with Gasteiger partial charge in [0.2, 0.25) is 5.91 Å². The van der Waals surface area contributed by atoms with Crippen LogP contribution in [0.1, 0.15) is 24.0 Å². The van der Waals surface area contributed by atoms with Crippen molar-refractivity contribution in [1.29, 1.82) is 0 Å². The molecule has 0 spiro atoms. The fraction of sp³-hybridized carbons (Fsp3) is 0.462. The van der Waals surface area contributed by atoms with Gasteiger partial charge in [-0.1, -0.05) is 25.1 Å². The molecule has 0 bridgehead atoms. The smallest absolute Gasteiger partial charge is 0.235 e. The van der Waals surface area contributed by atoms with Crippen LogP contribution in [-0.4, -0.2) is 30.4 Å². The van der Waals surface area contributed by atoms with E-state index in [9.17, 15) is 4.79 Å². The Hall–Kier alpha value is -1.35. The Labute approximate surface area is 96.2 Å². The molecule has 1 radical (unpaired) electrons. The Morgan fingerprint density at radius 3 is 3.06 bits per heavy atom. The fourth-order valence-electron chi connectivity index (χ4n) is 2.46. The molecule has 0 fully saturated rings. The lowest BCUT2D eigenvalue weighted by Gasteiger charge is -2.23. The van der Waals surface area contributed by atoms with E-state index < -0.39 is 0 Å². The molecule has 1 aliphatic heterocycles. The number of rotatable bonds is 1. The first-order chi connectivity index (χ1) is 7.59. The Balaban J connectivity index is 2.39. The summed E-state index contributed by atoms with van der Waals surface area (Å²) >= 11 is 0. The van der Waals surface area contributed by atoms with Gasteiger partial charge in [-0.15, -0.1) is 0 Å². The van der Waals surface area contributed by atoms with Gasteiger partial charge >= 0.3 is 0 Å². The normalized spacial score (nSPS) is 25.9. The van der Waals surface area contributed by atoms with E-state index in [1.54, 1.807) is 0 Å². The van der Waals surface area contributed by atoms with Crippen molar-refractivity contribution in [1.82, 2.24) is 4.90 Å². The quantitative estimate of drug-likeness (QED) is 0.760. The highest BCUT2D eigenvalue weighted by Crippen LogP contribution is 2.26. The van der Waals surface area contributed by atoms with Gasteiger partial charge in [0.1, 0.15) is 0 Å². The number of nitrogens with zero attached hydrogens (tertiary/aromatic N) is 1. The molecule has 16 heavy (non-hydrogen) atoms. The van der Waals surface area contributed by atoms with Crippen molar-refractivity contribution in [3.63, 3.8) is 0 Å². The molecule has 2 atom stereocenters. The lowest BCUT2D eigenvalue weighted by molar-refractivity contribution is -0.122. The van der Waals surface area contributed by atoms with Crippen LogP contribution in [-0.2, 0) is 11.2 Å². The molecule has 1 aromatic carbocycles. The monoisotopic (exact) mass is 217 g/mol. The number of amides is 1. The van der Waals surface area contributed by atoms with Crippen molar-refractivity contribution >= 4 is 5.91 Å². The highest BCUT2D eigenvalue weighted by atomic mass is 16.1. The maximum Gasteiger partial charge on any atom is 0.235 e. The van der Waals surface area contributed by atoms with Crippen LogP contribution in [0.15, 0.2) is 18.2 Å². The third-order valence-corrected chi connectivity index (χ3v) is 3.36. The van der Waals surface area contributed by atoms with E-state index >= 15 is 0 Å². The second-order valence-corrected chi connectivity index (χ2v) is 4.59. The van der Waals surface area contributed by atoms with Crippen LogP contribution in [0.2, 0.25) is 0 Å². The lowest BCUT2D eigenvalue weighted by atomic mass is 9.94. The van der Waals surface area contributed by atoms with E-state index in [0.29, 0.717) is 12.3 Å². The van der Waals surface area contributed by atoms with Crippen molar-refractivity contribution in [2.75, 3.05) is 13.6 Å². The first-order valence-corrected chi connectivity index (χ1v) is 5.58. The molecule has 2 N–H and O–H groups in total. The number of fused-ring (bicyclic) bond motifs is 1. The summed E-state index contributed by atoms with van der Waals surface area (Å²) in [4.78, 5) is 13.5. The van der Waals surface area contributed by atoms with E-state index in [-0.39, 0.29) is 11.9 Å². The van der Waals surface area contributed by atoms with Crippen LogP contribution in [0.25, 0.3) is 0 Å². The van der Waals surface area contributed by atoms with Gasteiger partial charge in [0.15, 0.2) is 0 Å². The zero-order valence-corrected chi connectivity index (χ0v) is 9.73. The highest BCUT2D eigenvalue weighted by Gasteiger charge is 2.28. The van der Waals surface area contributed by atoms with E-state index in [2.05, 4.69) is 13.0 Å². The molecule has 0 saturated carbocycles. The molecule has 1 aliphatic rings. The zero-order valence-electron chi connectivity index (χ0n) is 9.73. The molecule has 0 aliphatic carbocycles. The summed E-state index contributed by atoms with van der Waals surface area (Å²) in [5.74, 6) is 0.178. The number of hydrogen-bond donors (Lipinski definition) is 1. The van der Waals surface area contributed by atoms with Crippen LogP contribution in [0.4, 0.5) is 0 Å². The van der Waals surface area contributed by atoms with Crippen LogP contribution in [0.3, 0.4) is 0 Å². The summed E-state index contributed by atoms with van der Waals surface area (Å²) in [5, 5.41) is 0. The van der Waals surface area contributed by atoms with E-state index in [1.165, 1.54) is 11.1 Å². The van der Waals surface area contributed by atoms with Crippen LogP contribution in [0, 0.1) is 6.07 Å². The number of hydrogen-bond acceptors (Lipinski definition) is 2. The topological polar surface area (TPSA) is 46.3 Å². The fourth-order valence-corrected chi connectivity index (χ4v) is 2.46. The van der Waals surface area contributed by atoms with Crippen molar-refractivity contribution in [2.45, 2.75) is 25.3 Å². The molecule has 1 heterocycles. The summed E-state index contributed by atoms with van der Waals surface area (Å²) in [7, 11) is 1.96. The molecule has 1 unspecified atom stereocenters. The van der Waals surface area contributed by atoms with Gasteiger partial charge in [-0.05, 0) is 36.6 Å². The maximum absolute atomic E-state index is 11.4. The average Bonchev–Trinajstić information content (AvgIpc) is 2.37. The summed E-state index contributed by atoms with van der Waals surface area (Å²) in [6.07, 6.45) is 0.709. The minimum absolute atomic E-state index is 0.189. The third kappa shape index (κ3) is 1.95. The Kier molecular flexibility index (Phi) is 2.97. The molecule has 0 saturated heterocycles. The summed E-state index contributed by atoms with van der Waals surface area (Å²) in [5.41, 5.74) is 7.95. The zero-order chi connectivity index (χ0) is 11.7. The molecule has 0 aromatic heterocycles. The van der Waals surface area contributed by atoms with E-state index in [1.807, 2.05) is 30.1 Å². The van der Waals surface area contributed by atoms with Gasteiger partial charge < -0.3 is 5.73 Å². The minimum atomic E-state index is -0.240. The van der Waals surface area contributed by atoms with Gasteiger partial charge in [0.05, 0.1) is 6.04 Å². The van der Waals surface area contributed by atoms with Crippen LogP contribution >= 0.6 is 0 Å². The number of carbonyl (C=O) groups is 1. The van der Waals surface area contributed by atoms with Gasteiger partial charge in [-0.3, -0.25) is 9.69 Å². The van der Waals surface area contributed by atoms with Crippen molar-refractivity contribution in [3.8, 4) is 0 Å². The highest BCUT2D eigenvalue weighted by molar-refractivity contribution is 5.80. The Morgan fingerprint density at radius 2 is 2.38 bits per heavy atom. The summed E-state index contributed by atoms with van der Waals surface area (Å²) < 4.78 is 0. The predicted octanol–water partition coefficient (Wildman–Crippen LogP) is 0.932. The molecule has 2 rings (SSSR count). The first kappa shape index (κ1) is 11.1. The lowest BCUT2D eigenvalue weighted by Crippen LogP contribution is -2.44. The van der Waals surface area contributed by atoms with Gasteiger partial charge in [0.25, 0.3) is 0 Å². The standard InChI is InChI=1S/C13H17N2O/c1-9-8-15(2)12(13(14)16)7-10-5-3-4-6-11(9)10/h3,5-6,9,12H,7-8H2,1-2H3,(H2,14,16)/t9-,12?/m1/s1. The van der Waals surface area contributed by atoms with Crippen molar-refractivity contribution < 1.29 is 4.79 Å². The van der Waals surface area contributed by atoms with E-state index in [0.717, 1.165) is 6.54 Å². The number of carbonyl (C=O) groups excluding carboxylic acids is 1. The molecule has 1 aromatic rings. The molecular weight excluding hydrogens is 200 g/mol. The summed E-state index contributed by atoms with van der Waals surface area (Å²) in [6.45, 7) is 3.03. The SMILES string of the molecule is C[C@@H]1CN(C)C(C(N)=O)Cc2cc[c]cc21. The third-order valence-electron chi connectivity index (χ3n) is 3.36. The molecule has 85 valence electrons. The van der Waals surface area contributed by atoms with Crippen LogP contribution in [0.5, 0.6) is 0 Å². The van der Waals surface area contributed by atoms with Crippen molar-refractivity contribution in [2.24, 2.45) is 5.73 Å². The molecule has 3 nitrogen and oxygen atoms in total. The minimum Gasteiger partial charge on any atom is -0.368 e. The second kappa shape index (κ2) is 4.26. The molecular formula is C13H17N2O. The Bertz CT molecular complexity index is 403. The number of nitrogens with two attached hydrogens (primary N) is 1. The first-order valence-electron chi connectivity index (χ1n) is 5.58. The maximum atomic E-state index is 11.4. The van der Waals surface area contributed by atoms with E-state index in [4.69, 9.17) is 5.73 Å². The Morgan fingerprint density at radius 1 is 1.62 bits per heavy atom. The molecule has 3 heteroatoms. The predicted molar refractivity (Wildman–Crippen MR) is 63.0 cm³/mol. The van der Waals surface area contributed by atoms with Crippen molar-refractivity contribution in [3.05, 3.63) is 35.4 Å². The largest absolute Gasteiger partial charge is 0.368 e. The summed E-state index contributed by atoms with van der Waals surface area (Å²) in [6, 6.07) is 8.88. The number of likely N-dealkylation sites (N-methyl/N-ethyl adjacent to an activating group) is 1. The average molecular weight is 217 g/mol. The second-order valence-electron chi connectivity index (χ2n) is 4.59.